The van der Waals surface area contributed by atoms with Crippen LogP contribution in [0.4, 0.5) is 4.79 Å². The summed E-state index contributed by atoms with van der Waals surface area (Å²) in [6.07, 6.45) is 0.846. The molecule has 0 saturated carbocycles. The Morgan fingerprint density at radius 3 is 2.50 bits per heavy atom. The van der Waals surface area contributed by atoms with Crippen molar-refractivity contribution < 1.29 is 4.79 Å². The monoisotopic (exact) mass is 345 g/mol. The second kappa shape index (κ2) is 10.1. The number of benzene rings is 1. The van der Waals surface area contributed by atoms with Crippen molar-refractivity contribution in [3.63, 3.8) is 0 Å². The lowest BCUT2D eigenvalue weighted by Crippen LogP contribution is -2.42. The zero-order chi connectivity index (χ0) is 17.2. The highest BCUT2D eigenvalue weighted by Gasteiger charge is 2.19. The molecule has 1 atom stereocenters. The molecular weight excluding hydrogens is 318 g/mol. The van der Waals surface area contributed by atoms with Gasteiger partial charge in [-0.15, -0.1) is 0 Å². The highest BCUT2D eigenvalue weighted by Crippen LogP contribution is 2.22. The van der Waals surface area contributed by atoms with E-state index in [1.807, 2.05) is 18.2 Å². The summed E-state index contributed by atoms with van der Waals surface area (Å²) in [6.45, 7) is 7.51. The summed E-state index contributed by atoms with van der Waals surface area (Å²) >= 11 is 1.70. The van der Waals surface area contributed by atoms with E-state index in [-0.39, 0.29) is 12.1 Å². The highest BCUT2D eigenvalue weighted by atomic mass is 32.1. The number of hydrogen-bond acceptors (Lipinski definition) is 3. The smallest absolute Gasteiger partial charge is 0.314 e. The number of nitrogens with one attached hydrogen (secondary N) is 2. The van der Waals surface area contributed by atoms with Crippen LogP contribution in [0.15, 0.2) is 47.2 Å². The number of likely N-dealkylation sites (N-methyl/N-ethyl adjacent to an activating group) is 1. The minimum atomic E-state index is -0.0988. The Morgan fingerprint density at radius 1 is 1.12 bits per heavy atom. The topological polar surface area (TPSA) is 44.4 Å². The van der Waals surface area contributed by atoms with Gasteiger partial charge in [-0.2, -0.15) is 11.3 Å². The average Bonchev–Trinajstić information content (AvgIpc) is 3.14. The first-order valence-electron chi connectivity index (χ1n) is 8.56. The summed E-state index contributed by atoms with van der Waals surface area (Å²) in [6, 6.07) is 12.5. The summed E-state index contributed by atoms with van der Waals surface area (Å²) in [4.78, 5) is 14.4. The van der Waals surface area contributed by atoms with Crippen molar-refractivity contribution in [2.45, 2.75) is 26.3 Å². The molecule has 130 valence electrons. The van der Waals surface area contributed by atoms with Crippen LogP contribution in [-0.4, -0.2) is 37.1 Å². The van der Waals surface area contributed by atoms with E-state index >= 15 is 0 Å². The second-order valence-electron chi connectivity index (χ2n) is 5.67. The van der Waals surface area contributed by atoms with Crippen LogP contribution in [-0.2, 0) is 6.42 Å². The van der Waals surface area contributed by atoms with E-state index < -0.39 is 0 Å². The van der Waals surface area contributed by atoms with E-state index in [2.05, 4.69) is 58.3 Å². The molecule has 0 aliphatic carbocycles. The molecule has 2 aromatic rings. The van der Waals surface area contributed by atoms with Gasteiger partial charge in [0.2, 0.25) is 0 Å². The van der Waals surface area contributed by atoms with Crippen molar-refractivity contribution in [2.24, 2.45) is 0 Å². The molecule has 2 rings (SSSR count). The van der Waals surface area contributed by atoms with E-state index in [9.17, 15) is 4.79 Å². The summed E-state index contributed by atoms with van der Waals surface area (Å²) in [5.41, 5.74) is 2.50. The van der Waals surface area contributed by atoms with Gasteiger partial charge in [0.25, 0.3) is 0 Å². The number of nitrogens with zero attached hydrogens (tertiary/aromatic N) is 1. The molecule has 1 aromatic heterocycles. The van der Waals surface area contributed by atoms with Crippen LogP contribution in [0.2, 0.25) is 0 Å². The Balaban J connectivity index is 1.79. The first-order valence-corrected chi connectivity index (χ1v) is 9.50. The predicted octanol–water partition coefficient (Wildman–Crippen LogP) is 3.67. The normalized spacial score (nSPS) is 12.1. The van der Waals surface area contributed by atoms with Gasteiger partial charge in [0, 0.05) is 13.1 Å². The molecule has 5 heteroatoms. The van der Waals surface area contributed by atoms with Crippen molar-refractivity contribution in [3.05, 3.63) is 58.3 Å². The Bertz CT molecular complexity index is 582. The van der Waals surface area contributed by atoms with Crippen LogP contribution >= 0.6 is 11.3 Å². The molecule has 2 amide bonds. The minimum absolute atomic E-state index is 0.0988. The quantitative estimate of drug-likeness (QED) is 0.728. The van der Waals surface area contributed by atoms with E-state index in [1.54, 1.807) is 11.3 Å². The number of hydrogen-bond donors (Lipinski definition) is 2. The first kappa shape index (κ1) is 18.5. The lowest BCUT2D eigenvalue weighted by atomic mass is 10.1. The van der Waals surface area contributed by atoms with Crippen molar-refractivity contribution >= 4 is 17.4 Å². The summed E-state index contributed by atoms with van der Waals surface area (Å²) < 4.78 is 0. The number of carbonyl (C=O) groups is 1. The standard InChI is InChI=1S/C19H27N3OS/c1-3-22(4-2)18(17-11-13-24-15-17)14-21-19(23)20-12-10-16-8-6-5-7-9-16/h5-9,11,13,15,18H,3-4,10,12,14H2,1-2H3,(H2,20,21,23). The van der Waals surface area contributed by atoms with E-state index in [0.717, 1.165) is 19.5 Å². The molecule has 0 bridgehead atoms. The Hall–Kier alpha value is -1.85. The molecule has 0 radical (unpaired) electrons. The van der Waals surface area contributed by atoms with E-state index in [1.165, 1.54) is 11.1 Å². The maximum atomic E-state index is 12.1. The molecule has 1 aromatic carbocycles. The summed E-state index contributed by atoms with van der Waals surface area (Å²) in [5, 5.41) is 10.2. The maximum Gasteiger partial charge on any atom is 0.314 e. The van der Waals surface area contributed by atoms with Gasteiger partial charge in [0.15, 0.2) is 0 Å². The SMILES string of the molecule is CCN(CC)C(CNC(=O)NCCc1ccccc1)c1ccsc1. The van der Waals surface area contributed by atoms with Gasteiger partial charge in [-0.05, 0) is 47.5 Å². The van der Waals surface area contributed by atoms with Crippen LogP contribution in [0.3, 0.4) is 0 Å². The number of urea groups is 1. The number of amides is 2. The number of carbonyl (C=O) groups excluding carboxylic acids is 1. The average molecular weight is 346 g/mol. The predicted molar refractivity (Wildman–Crippen MR) is 102 cm³/mol. The Labute approximate surface area is 148 Å². The third kappa shape index (κ3) is 5.65. The maximum absolute atomic E-state index is 12.1. The minimum Gasteiger partial charge on any atom is -0.338 e. The van der Waals surface area contributed by atoms with E-state index in [4.69, 9.17) is 0 Å². The van der Waals surface area contributed by atoms with Gasteiger partial charge in [-0.3, -0.25) is 4.90 Å². The fourth-order valence-corrected chi connectivity index (χ4v) is 3.51. The second-order valence-corrected chi connectivity index (χ2v) is 6.45. The van der Waals surface area contributed by atoms with Gasteiger partial charge >= 0.3 is 6.03 Å². The third-order valence-electron chi connectivity index (χ3n) is 4.18. The summed E-state index contributed by atoms with van der Waals surface area (Å²) in [7, 11) is 0. The molecule has 0 fully saturated rings. The van der Waals surface area contributed by atoms with Gasteiger partial charge in [-0.1, -0.05) is 44.2 Å². The fraction of sp³-hybridized carbons (Fsp3) is 0.421. The van der Waals surface area contributed by atoms with Crippen LogP contribution in [0.1, 0.15) is 31.0 Å². The molecule has 0 saturated heterocycles. The molecule has 0 spiro atoms. The molecular formula is C19H27N3OS. The van der Waals surface area contributed by atoms with Crippen LogP contribution in [0.25, 0.3) is 0 Å². The fourth-order valence-electron chi connectivity index (χ4n) is 2.80. The van der Waals surface area contributed by atoms with Crippen LogP contribution in [0.5, 0.6) is 0 Å². The highest BCUT2D eigenvalue weighted by molar-refractivity contribution is 7.07. The Morgan fingerprint density at radius 2 is 1.88 bits per heavy atom. The molecule has 0 aliphatic heterocycles. The Kier molecular flexibility index (Phi) is 7.79. The third-order valence-corrected chi connectivity index (χ3v) is 4.88. The van der Waals surface area contributed by atoms with E-state index in [0.29, 0.717) is 13.1 Å². The first-order chi connectivity index (χ1) is 11.7. The molecule has 1 unspecified atom stereocenters. The largest absolute Gasteiger partial charge is 0.338 e. The van der Waals surface area contributed by atoms with Gasteiger partial charge < -0.3 is 10.6 Å². The lowest BCUT2D eigenvalue weighted by molar-refractivity contribution is 0.206. The van der Waals surface area contributed by atoms with Gasteiger partial charge in [0.05, 0.1) is 6.04 Å². The molecule has 2 N–H and O–H groups in total. The van der Waals surface area contributed by atoms with Crippen LogP contribution in [0, 0.1) is 0 Å². The molecule has 1 heterocycles. The lowest BCUT2D eigenvalue weighted by Gasteiger charge is -2.29. The van der Waals surface area contributed by atoms with Crippen molar-refractivity contribution in [3.8, 4) is 0 Å². The molecule has 4 nitrogen and oxygen atoms in total. The zero-order valence-electron chi connectivity index (χ0n) is 14.5. The van der Waals surface area contributed by atoms with Crippen molar-refractivity contribution in [1.82, 2.24) is 15.5 Å². The van der Waals surface area contributed by atoms with Gasteiger partial charge in [0.1, 0.15) is 0 Å². The van der Waals surface area contributed by atoms with Crippen molar-refractivity contribution in [2.75, 3.05) is 26.2 Å². The summed E-state index contributed by atoms with van der Waals surface area (Å²) in [5.74, 6) is 0. The van der Waals surface area contributed by atoms with Gasteiger partial charge in [-0.25, -0.2) is 4.79 Å². The number of rotatable bonds is 9. The number of thiophene rings is 1. The zero-order valence-corrected chi connectivity index (χ0v) is 15.3. The van der Waals surface area contributed by atoms with Crippen molar-refractivity contribution in [1.29, 1.82) is 0 Å². The van der Waals surface area contributed by atoms with Crippen LogP contribution < -0.4 is 10.6 Å². The molecule has 24 heavy (non-hydrogen) atoms. The molecule has 0 aliphatic rings.